The standard InChI is InChI=1S/C13H28N2O/c1-6-10(5)11(14)12(16)15-13(7-2,8-3)9-4/h10-11H,6-9,14H2,1-5H3,(H,15,16)/t10?,11-/m0/s1. The average molecular weight is 228 g/mol. The van der Waals surface area contributed by atoms with E-state index in [-0.39, 0.29) is 23.4 Å². The van der Waals surface area contributed by atoms with Crippen LogP contribution >= 0.6 is 0 Å². The van der Waals surface area contributed by atoms with E-state index in [4.69, 9.17) is 5.73 Å². The Morgan fingerprint density at radius 1 is 1.19 bits per heavy atom. The van der Waals surface area contributed by atoms with Crippen molar-refractivity contribution >= 4 is 5.91 Å². The summed E-state index contributed by atoms with van der Waals surface area (Å²) in [6.45, 7) is 10.4. The van der Waals surface area contributed by atoms with Gasteiger partial charge in [-0.2, -0.15) is 0 Å². The number of hydrogen-bond acceptors (Lipinski definition) is 2. The van der Waals surface area contributed by atoms with Gasteiger partial charge in [-0.3, -0.25) is 4.79 Å². The first-order valence-corrected chi connectivity index (χ1v) is 6.53. The minimum Gasteiger partial charge on any atom is -0.349 e. The van der Waals surface area contributed by atoms with Crippen LogP contribution in [-0.2, 0) is 4.79 Å². The minimum atomic E-state index is -0.381. The Kier molecular flexibility index (Phi) is 6.65. The van der Waals surface area contributed by atoms with Crippen molar-refractivity contribution in [3.63, 3.8) is 0 Å². The Balaban J connectivity index is 4.52. The zero-order valence-corrected chi connectivity index (χ0v) is 11.5. The van der Waals surface area contributed by atoms with Crippen LogP contribution in [0.3, 0.4) is 0 Å². The molecule has 0 saturated carbocycles. The summed E-state index contributed by atoms with van der Waals surface area (Å²) in [4.78, 5) is 12.0. The molecule has 0 aliphatic rings. The predicted molar refractivity (Wildman–Crippen MR) is 69.2 cm³/mol. The Morgan fingerprint density at radius 2 is 1.62 bits per heavy atom. The maximum Gasteiger partial charge on any atom is 0.237 e. The molecule has 1 amide bonds. The molecule has 0 aromatic carbocycles. The highest BCUT2D eigenvalue weighted by Crippen LogP contribution is 2.20. The molecule has 96 valence electrons. The van der Waals surface area contributed by atoms with Gasteiger partial charge in [-0.15, -0.1) is 0 Å². The summed E-state index contributed by atoms with van der Waals surface area (Å²) in [5.41, 5.74) is 5.86. The maximum atomic E-state index is 12.0. The lowest BCUT2D eigenvalue weighted by molar-refractivity contribution is -0.125. The number of hydrogen-bond donors (Lipinski definition) is 2. The Labute approximate surface area is 100 Å². The fourth-order valence-electron chi connectivity index (χ4n) is 1.87. The molecule has 0 saturated heterocycles. The van der Waals surface area contributed by atoms with E-state index in [9.17, 15) is 4.79 Å². The van der Waals surface area contributed by atoms with Gasteiger partial charge in [-0.05, 0) is 25.2 Å². The quantitative estimate of drug-likeness (QED) is 0.703. The molecular weight excluding hydrogens is 200 g/mol. The highest BCUT2D eigenvalue weighted by atomic mass is 16.2. The van der Waals surface area contributed by atoms with Crippen molar-refractivity contribution in [3.05, 3.63) is 0 Å². The zero-order valence-electron chi connectivity index (χ0n) is 11.5. The number of nitrogens with two attached hydrogens (primary N) is 1. The Hall–Kier alpha value is -0.570. The molecular formula is C13H28N2O. The highest BCUT2D eigenvalue weighted by Gasteiger charge is 2.29. The molecule has 2 atom stereocenters. The van der Waals surface area contributed by atoms with Crippen LogP contribution in [0.4, 0.5) is 0 Å². The van der Waals surface area contributed by atoms with E-state index >= 15 is 0 Å². The Bertz CT molecular complexity index is 204. The van der Waals surface area contributed by atoms with Gasteiger partial charge in [-0.1, -0.05) is 41.0 Å². The lowest BCUT2D eigenvalue weighted by atomic mass is 9.88. The van der Waals surface area contributed by atoms with Crippen molar-refractivity contribution in [1.82, 2.24) is 5.32 Å². The van der Waals surface area contributed by atoms with Crippen LogP contribution in [0.15, 0.2) is 0 Å². The monoisotopic (exact) mass is 228 g/mol. The van der Waals surface area contributed by atoms with Gasteiger partial charge in [0.25, 0.3) is 0 Å². The van der Waals surface area contributed by atoms with E-state index in [0.717, 1.165) is 25.7 Å². The lowest BCUT2D eigenvalue weighted by Gasteiger charge is -2.33. The van der Waals surface area contributed by atoms with Crippen molar-refractivity contribution < 1.29 is 4.79 Å². The number of carbonyl (C=O) groups is 1. The molecule has 0 bridgehead atoms. The number of nitrogens with one attached hydrogen (secondary N) is 1. The molecule has 0 heterocycles. The highest BCUT2D eigenvalue weighted by molar-refractivity contribution is 5.82. The molecule has 0 fully saturated rings. The number of carbonyl (C=O) groups excluding carboxylic acids is 1. The van der Waals surface area contributed by atoms with E-state index in [0.29, 0.717) is 0 Å². The Morgan fingerprint density at radius 3 is 1.94 bits per heavy atom. The second-order valence-electron chi connectivity index (χ2n) is 4.74. The second kappa shape index (κ2) is 6.89. The predicted octanol–water partition coefficient (Wildman–Crippen LogP) is 2.44. The summed E-state index contributed by atoms with van der Waals surface area (Å²) in [5.74, 6) is 0.239. The van der Waals surface area contributed by atoms with Crippen LogP contribution in [0.1, 0.15) is 60.3 Å². The van der Waals surface area contributed by atoms with Crippen LogP contribution in [-0.4, -0.2) is 17.5 Å². The van der Waals surface area contributed by atoms with E-state index in [1.807, 2.05) is 6.92 Å². The molecule has 3 N–H and O–H groups in total. The fourth-order valence-corrected chi connectivity index (χ4v) is 1.87. The molecule has 0 aliphatic heterocycles. The summed E-state index contributed by atoms with van der Waals surface area (Å²) in [6.07, 6.45) is 3.81. The van der Waals surface area contributed by atoms with E-state index < -0.39 is 0 Å². The van der Waals surface area contributed by atoms with Crippen LogP contribution in [0.2, 0.25) is 0 Å². The van der Waals surface area contributed by atoms with Crippen LogP contribution in [0, 0.1) is 5.92 Å². The largest absolute Gasteiger partial charge is 0.349 e. The summed E-state index contributed by atoms with van der Waals surface area (Å²) >= 11 is 0. The number of amides is 1. The summed E-state index contributed by atoms with van der Waals surface area (Å²) in [5, 5.41) is 3.13. The zero-order chi connectivity index (χ0) is 12.8. The third-order valence-electron chi connectivity index (χ3n) is 3.98. The third-order valence-corrected chi connectivity index (χ3v) is 3.98. The van der Waals surface area contributed by atoms with E-state index in [1.165, 1.54) is 0 Å². The molecule has 3 heteroatoms. The topological polar surface area (TPSA) is 55.1 Å². The van der Waals surface area contributed by atoms with Crippen molar-refractivity contribution in [2.45, 2.75) is 71.9 Å². The van der Waals surface area contributed by atoms with Gasteiger partial charge in [0, 0.05) is 5.54 Å². The molecule has 0 aromatic heterocycles. The van der Waals surface area contributed by atoms with Crippen LogP contribution in [0.25, 0.3) is 0 Å². The SMILES string of the molecule is CCC(C)[C@H](N)C(=O)NC(CC)(CC)CC. The number of rotatable bonds is 7. The van der Waals surface area contributed by atoms with Crippen molar-refractivity contribution in [2.75, 3.05) is 0 Å². The average Bonchev–Trinajstić information content (AvgIpc) is 2.33. The van der Waals surface area contributed by atoms with E-state index in [2.05, 4.69) is 33.0 Å². The summed E-state index contributed by atoms with van der Waals surface area (Å²) in [7, 11) is 0. The van der Waals surface area contributed by atoms with Crippen LogP contribution < -0.4 is 11.1 Å². The molecule has 16 heavy (non-hydrogen) atoms. The lowest BCUT2D eigenvalue weighted by Crippen LogP contribution is -2.54. The van der Waals surface area contributed by atoms with Gasteiger partial charge in [0.15, 0.2) is 0 Å². The normalized spacial score (nSPS) is 15.6. The first kappa shape index (κ1) is 15.4. The van der Waals surface area contributed by atoms with E-state index in [1.54, 1.807) is 0 Å². The second-order valence-corrected chi connectivity index (χ2v) is 4.74. The van der Waals surface area contributed by atoms with Gasteiger partial charge >= 0.3 is 0 Å². The van der Waals surface area contributed by atoms with Crippen molar-refractivity contribution in [2.24, 2.45) is 11.7 Å². The maximum absolute atomic E-state index is 12.0. The summed E-state index contributed by atoms with van der Waals surface area (Å²) < 4.78 is 0. The molecule has 0 aromatic rings. The van der Waals surface area contributed by atoms with Gasteiger partial charge < -0.3 is 11.1 Å². The molecule has 3 nitrogen and oxygen atoms in total. The molecule has 0 radical (unpaired) electrons. The van der Waals surface area contributed by atoms with Crippen molar-refractivity contribution in [1.29, 1.82) is 0 Å². The first-order chi connectivity index (χ1) is 7.46. The molecule has 0 spiro atoms. The third kappa shape index (κ3) is 3.78. The molecule has 0 rings (SSSR count). The van der Waals surface area contributed by atoms with Gasteiger partial charge in [0.1, 0.15) is 0 Å². The van der Waals surface area contributed by atoms with Gasteiger partial charge in [-0.25, -0.2) is 0 Å². The van der Waals surface area contributed by atoms with Gasteiger partial charge in [0.05, 0.1) is 6.04 Å². The molecule has 0 aliphatic carbocycles. The van der Waals surface area contributed by atoms with Crippen molar-refractivity contribution in [3.8, 4) is 0 Å². The van der Waals surface area contributed by atoms with Gasteiger partial charge in [0.2, 0.25) is 5.91 Å². The minimum absolute atomic E-state index is 0.0000926. The fraction of sp³-hybridized carbons (Fsp3) is 0.923. The first-order valence-electron chi connectivity index (χ1n) is 6.53. The van der Waals surface area contributed by atoms with Crippen LogP contribution in [0.5, 0.6) is 0 Å². The molecule has 1 unspecified atom stereocenters. The summed E-state index contributed by atoms with van der Waals surface area (Å²) in [6, 6.07) is -0.381. The smallest absolute Gasteiger partial charge is 0.237 e.